The van der Waals surface area contributed by atoms with Gasteiger partial charge in [0.2, 0.25) is 5.82 Å². The quantitative estimate of drug-likeness (QED) is 0.632. The number of halogens is 3. The van der Waals surface area contributed by atoms with E-state index in [9.17, 15) is 18.0 Å². The van der Waals surface area contributed by atoms with Gasteiger partial charge in [-0.1, -0.05) is 0 Å². The van der Waals surface area contributed by atoms with Gasteiger partial charge in [-0.25, -0.2) is 9.37 Å². The van der Waals surface area contributed by atoms with Crippen LogP contribution in [0.3, 0.4) is 0 Å². The van der Waals surface area contributed by atoms with Crippen LogP contribution in [0.25, 0.3) is 0 Å². The lowest BCUT2D eigenvalue weighted by Gasteiger charge is -2.35. The number of anilines is 1. The van der Waals surface area contributed by atoms with E-state index in [0.717, 1.165) is 0 Å². The molecule has 1 aliphatic carbocycles. The minimum Gasteiger partial charge on any atom is -0.466 e. The predicted molar refractivity (Wildman–Crippen MR) is 74.9 cm³/mol. The van der Waals surface area contributed by atoms with Gasteiger partial charge in [0.1, 0.15) is 5.69 Å². The molecule has 7 heteroatoms. The lowest BCUT2D eigenvalue weighted by molar-refractivity contribution is -0.149. The normalized spacial score (nSPS) is 21.5. The summed E-state index contributed by atoms with van der Waals surface area (Å²) in [6, 6.07) is -0.156. The molecule has 0 atom stereocenters. The van der Waals surface area contributed by atoms with Crippen LogP contribution in [0.5, 0.6) is 0 Å². The molecule has 0 saturated heterocycles. The lowest BCUT2D eigenvalue weighted by atomic mass is 9.85. The number of hydrogen-bond acceptors (Lipinski definition) is 4. The molecule has 0 aliphatic heterocycles. The topological polar surface area (TPSA) is 42.4 Å². The van der Waals surface area contributed by atoms with Gasteiger partial charge in [-0.15, -0.1) is 0 Å². The first-order valence-electron chi connectivity index (χ1n) is 7.34. The monoisotopic (exact) mass is 316 g/mol. The summed E-state index contributed by atoms with van der Waals surface area (Å²) in [5.41, 5.74) is -0.410. The molecule has 0 bridgehead atoms. The van der Waals surface area contributed by atoms with Crippen molar-refractivity contribution in [3.63, 3.8) is 0 Å². The SMILES string of the molecule is CCOC(=O)C1CCC(N(C)c2c(F)cnc(F)c2F)CC1. The maximum absolute atomic E-state index is 13.8. The molecule has 0 amide bonds. The molecule has 0 N–H and O–H groups in total. The number of pyridine rings is 1. The fraction of sp³-hybridized carbons (Fsp3) is 0.600. The molecule has 1 heterocycles. The zero-order valence-electron chi connectivity index (χ0n) is 12.6. The van der Waals surface area contributed by atoms with E-state index in [1.165, 1.54) is 11.9 Å². The van der Waals surface area contributed by atoms with Gasteiger partial charge in [-0.2, -0.15) is 8.78 Å². The Hall–Kier alpha value is -1.79. The molecule has 0 unspecified atom stereocenters. The van der Waals surface area contributed by atoms with Crippen molar-refractivity contribution in [2.24, 2.45) is 5.92 Å². The first kappa shape index (κ1) is 16.6. The summed E-state index contributed by atoms with van der Waals surface area (Å²) in [6.07, 6.45) is 3.02. The van der Waals surface area contributed by atoms with Crippen LogP contribution in [-0.4, -0.2) is 30.6 Å². The minimum atomic E-state index is -1.32. The van der Waals surface area contributed by atoms with Crippen LogP contribution in [-0.2, 0) is 9.53 Å². The summed E-state index contributed by atoms with van der Waals surface area (Å²) in [5, 5.41) is 0. The van der Waals surface area contributed by atoms with Gasteiger partial charge in [0, 0.05) is 13.1 Å². The van der Waals surface area contributed by atoms with Crippen LogP contribution in [0.15, 0.2) is 6.20 Å². The number of ether oxygens (including phenoxy) is 1. The number of carbonyl (C=O) groups excluding carboxylic acids is 1. The average Bonchev–Trinajstić information content (AvgIpc) is 2.51. The van der Waals surface area contributed by atoms with Crippen molar-refractivity contribution in [2.75, 3.05) is 18.6 Å². The second-order valence-corrected chi connectivity index (χ2v) is 5.43. The van der Waals surface area contributed by atoms with Gasteiger partial charge in [0.25, 0.3) is 5.95 Å². The third kappa shape index (κ3) is 3.34. The van der Waals surface area contributed by atoms with Crippen LogP contribution in [0.1, 0.15) is 32.6 Å². The van der Waals surface area contributed by atoms with Crippen molar-refractivity contribution in [3.8, 4) is 0 Å². The fourth-order valence-electron chi connectivity index (χ4n) is 2.90. The number of esters is 1. The van der Waals surface area contributed by atoms with Crippen molar-refractivity contribution in [2.45, 2.75) is 38.6 Å². The summed E-state index contributed by atoms with van der Waals surface area (Å²) in [7, 11) is 1.52. The Morgan fingerprint density at radius 3 is 2.55 bits per heavy atom. The Morgan fingerprint density at radius 2 is 1.95 bits per heavy atom. The smallest absolute Gasteiger partial charge is 0.308 e. The summed E-state index contributed by atoms with van der Waals surface area (Å²) in [6.45, 7) is 2.09. The van der Waals surface area contributed by atoms with E-state index in [-0.39, 0.29) is 17.9 Å². The van der Waals surface area contributed by atoms with Crippen LogP contribution in [0.4, 0.5) is 18.9 Å². The van der Waals surface area contributed by atoms with Gasteiger partial charge in [0.15, 0.2) is 5.82 Å². The Morgan fingerprint density at radius 1 is 1.32 bits per heavy atom. The molecule has 1 aliphatic rings. The summed E-state index contributed by atoms with van der Waals surface area (Å²) >= 11 is 0. The molecule has 122 valence electrons. The van der Waals surface area contributed by atoms with E-state index in [1.807, 2.05) is 0 Å². The number of aromatic nitrogens is 1. The fourth-order valence-corrected chi connectivity index (χ4v) is 2.90. The highest BCUT2D eigenvalue weighted by Crippen LogP contribution is 2.32. The standard InChI is InChI=1S/C15H19F3N2O2/c1-3-22-15(21)9-4-6-10(7-5-9)20(2)13-11(16)8-19-14(18)12(13)17/h8-10H,3-7H2,1-2H3. The highest BCUT2D eigenvalue weighted by atomic mass is 19.2. The van der Waals surface area contributed by atoms with Gasteiger partial charge < -0.3 is 9.64 Å². The van der Waals surface area contributed by atoms with Crippen LogP contribution in [0.2, 0.25) is 0 Å². The van der Waals surface area contributed by atoms with E-state index >= 15 is 0 Å². The zero-order chi connectivity index (χ0) is 16.3. The van der Waals surface area contributed by atoms with Crippen molar-refractivity contribution < 1.29 is 22.7 Å². The second kappa shape index (κ2) is 6.98. The third-order valence-electron chi connectivity index (χ3n) is 4.12. The molecule has 1 aromatic heterocycles. The van der Waals surface area contributed by atoms with Crippen molar-refractivity contribution >= 4 is 11.7 Å². The second-order valence-electron chi connectivity index (χ2n) is 5.43. The molecule has 2 rings (SSSR count). The van der Waals surface area contributed by atoms with E-state index < -0.39 is 23.3 Å². The molecule has 1 fully saturated rings. The van der Waals surface area contributed by atoms with E-state index in [4.69, 9.17) is 4.74 Å². The first-order chi connectivity index (χ1) is 10.5. The molecule has 0 spiro atoms. The largest absolute Gasteiger partial charge is 0.466 e. The minimum absolute atomic E-state index is 0.156. The van der Waals surface area contributed by atoms with Gasteiger partial charge >= 0.3 is 5.97 Å². The van der Waals surface area contributed by atoms with Gasteiger partial charge in [0.05, 0.1) is 18.7 Å². The molecule has 1 saturated carbocycles. The van der Waals surface area contributed by atoms with E-state index in [1.54, 1.807) is 6.92 Å². The zero-order valence-corrected chi connectivity index (χ0v) is 12.6. The highest BCUT2D eigenvalue weighted by Gasteiger charge is 2.31. The van der Waals surface area contributed by atoms with Gasteiger partial charge in [-0.3, -0.25) is 4.79 Å². The predicted octanol–water partition coefficient (Wildman–Crippen LogP) is 3.06. The number of rotatable bonds is 4. The average molecular weight is 316 g/mol. The van der Waals surface area contributed by atoms with Crippen LogP contribution < -0.4 is 4.90 Å². The number of nitrogens with zero attached hydrogens (tertiary/aromatic N) is 2. The Balaban J connectivity index is 2.06. The summed E-state index contributed by atoms with van der Waals surface area (Å²) < 4.78 is 45.7. The lowest BCUT2D eigenvalue weighted by Crippen LogP contribution is -2.38. The van der Waals surface area contributed by atoms with Crippen LogP contribution >= 0.6 is 0 Å². The molecule has 4 nitrogen and oxygen atoms in total. The first-order valence-corrected chi connectivity index (χ1v) is 7.34. The maximum Gasteiger partial charge on any atom is 0.308 e. The van der Waals surface area contributed by atoms with Gasteiger partial charge in [-0.05, 0) is 32.6 Å². The van der Waals surface area contributed by atoms with E-state index in [2.05, 4.69) is 4.98 Å². The highest BCUT2D eigenvalue weighted by molar-refractivity contribution is 5.72. The van der Waals surface area contributed by atoms with E-state index in [0.29, 0.717) is 38.5 Å². The van der Waals surface area contributed by atoms with Crippen molar-refractivity contribution in [3.05, 3.63) is 23.8 Å². The molecule has 0 aromatic carbocycles. The van der Waals surface area contributed by atoms with Crippen molar-refractivity contribution in [1.29, 1.82) is 0 Å². The summed E-state index contributed by atoms with van der Waals surface area (Å²) in [4.78, 5) is 16.1. The third-order valence-corrected chi connectivity index (χ3v) is 4.12. The summed E-state index contributed by atoms with van der Waals surface area (Å²) in [5.74, 6) is -3.89. The van der Waals surface area contributed by atoms with Crippen molar-refractivity contribution in [1.82, 2.24) is 4.98 Å². The Bertz CT molecular complexity index is 546. The molecular formula is C15H19F3N2O2. The maximum atomic E-state index is 13.8. The molecule has 0 radical (unpaired) electrons. The molecular weight excluding hydrogens is 297 g/mol. The Labute approximate surface area is 127 Å². The number of carbonyl (C=O) groups is 1. The Kier molecular flexibility index (Phi) is 5.26. The molecule has 1 aromatic rings. The van der Waals surface area contributed by atoms with Crippen LogP contribution in [0, 0.1) is 23.5 Å². The number of hydrogen-bond donors (Lipinski definition) is 0. The molecule has 22 heavy (non-hydrogen) atoms.